The Morgan fingerprint density at radius 3 is 2.45 bits per heavy atom. The van der Waals surface area contributed by atoms with Crippen LogP contribution in [0.3, 0.4) is 0 Å². The summed E-state index contributed by atoms with van der Waals surface area (Å²) in [6, 6.07) is 8.52. The normalized spacial score (nSPS) is 13.8. The maximum absolute atomic E-state index is 12.9. The van der Waals surface area contributed by atoms with Gasteiger partial charge in [0, 0.05) is 42.6 Å². The van der Waals surface area contributed by atoms with E-state index in [-0.39, 0.29) is 23.6 Å². The van der Waals surface area contributed by atoms with Gasteiger partial charge in [0.25, 0.3) is 5.91 Å². The van der Waals surface area contributed by atoms with Gasteiger partial charge < -0.3 is 14.4 Å². The highest BCUT2D eigenvalue weighted by Crippen LogP contribution is 2.39. The Hall–Kier alpha value is -2.00. The molecule has 29 heavy (non-hydrogen) atoms. The van der Waals surface area contributed by atoms with Crippen LogP contribution in [-0.2, 0) is 19.5 Å². The summed E-state index contributed by atoms with van der Waals surface area (Å²) in [5.74, 6) is -0.0894. The van der Waals surface area contributed by atoms with Crippen molar-refractivity contribution in [3.8, 4) is 0 Å². The summed E-state index contributed by atoms with van der Waals surface area (Å²) >= 11 is 0. The summed E-state index contributed by atoms with van der Waals surface area (Å²) in [5, 5.41) is 1.27. The summed E-state index contributed by atoms with van der Waals surface area (Å²) in [4.78, 5) is 14.4. The highest BCUT2D eigenvalue weighted by molar-refractivity contribution is 7.89. The van der Waals surface area contributed by atoms with Crippen molar-refractivity contribution in [3.05, 3.63) is 35.9 Å². The van der Waals surface area contributed by atoms with E-state index >= 15 is 0 Å². The van der Waals surface area contributed by atoms with Crippen LogP contribution in [0, 0.1) is 0 Å². The number of hydrogen-bond acceptors (Lipinski definition) is 5. The lowest BCUT2D eigenvalue weighted by atomic mass is 10.1. The number of carbonyl (C=O) groups is 1. The molecule has 1 amide bonds. The molecule has 3 rings (SSSR count). The molecule has 0 radical (unpaired) electrons. The topological polar surface area (TPSA) is 84.9 Å². The number of rotatable bonds is 11. The summed E-state index contributed by atoms with van der Waals surface area (Å²) < 4.78 is 39.5. The molecular weight excluding hydrogens is 392 g/mol. The van der Waals surface area contributed by atoms with Gasteiger partial charge in [0.2, 0.25) is 10.0 Å². The molecule has 0 saturated heterocycles. The lowest BCUT2D eigenvalue weighted by Crippen LogP contribution is -2.27. The summed E-state index contributed by atoms with van der Waals surface area (Å²) in [7, 11) is -3.72. The Kier molecular flexibility index (Phi) is 6.89. The van der Waals surface area contributed by atoms with E-state index < -0.39 is 10.0 Å². The van der Waals surface area contributed by atoms with Gasteiger partial charge in [0.15, 0.2) is 6.29 Å². The summed E-state index contributed by atoms with van der Waals surface area (Å²) in [5.41, 5.74) is 1.31. The number of amides is 1. The zero-order chi connectivity index (χ0) is 21.0. The second kappa shape index (κ2) is 9.21. The second-order valence-corrected chi connectivity index (χ2v) is 8.48. The fourth-order valence-electron chi connectivity index (χ4n) is 3.71. The maximum Gasteiger partial charge on any atom is 0.258 e. The molecular formula is C21H28N2O5S. The molecule has 0 atom stereocenters. The van der Waals surface area contributed by atoms with Gasteiger partial charge in [-0.3, -0.25) is 4.79 Å². The molecule has 1 heterocycles. The van der Waals surface area contributed by atoms with Crippen molar-refractivity contribution in [2.24, 2.45) is 0 Å². The van der Waals surface area contributed by atoms with E-state index in [4.69, 9.17) is 9.47 Å². The first-order valence-corrected chi connectivity index (χ1v) is 11.5. The van der Waals surface area contributed by atoms with Crippen molar-refractivity contribution in [2.75, 3.05) is 31.2 Å². The average Bonchev–Trinajstić information content (AvgIpc) is 2.98. The Balaban J connectivity index is 1.79. The SMILES string of the molecule is CCOC(CCCNS(=O)(=O)c1ccc2c3c(cccc13)C(=O)N2CC)OCC. The number of nitrogens with zero attached hydrogens (tertiary/aromatic N) is 1. The van der Waals surface area contributed by atoms with Crippen molar-refractivity contribution in [2.45, 2.75) is 44.8 Å². The van der Waals surface area contributed by atoms with Crippen LogP contribution in [0.15, 0.2) is 35.2 Å². The van der Waals surface area contributed by atoms with Crippen LogP contribution in [0.4, 0.5) is 5.69 Å². The summed E-state index contributed by atoms with van der Waals surface area (Å²) in [6.45, 7) is 7.61. The predicted molar refractivity (Wildman–Crippen MR) is 113 cm³/mol. The number of carbonyl (C=O) groups excluding carboxylic acids is 1. The zero-order valence-corrected chi connectivity index (χ0v) is 17.9. The smallest absolute Gasteiger partial charge is 0.258 e. The van der Waals surface area contributed by atoms with Crippen molar-refractivity contribution < 1.29 is 22.7 Å². The first-order chi connectivity index (χ1) is 13.9. The van der Waals surface area contributed by atoms with Gasteiger partial charge in [-0.25, -0.2) is 13.1 Å². The van der Waals surface area contributed by atoms with E-state index in [1.807, 2.05) is 20.8 Å². The second-order valence-electron chi connectivity index (χ2n) is 6.74. The monoisotopic (exact) mass is 420 g/mol. The van der Waals surface area contributed by atoms with Crippen LogP contribution in [0.5, 0.6) is 0 Å². The van der Waals surface area contributed by atoms with Crippen molar-refractivity contribution in [3.63, 3.8) is 0 Å². The molecule has 0 aromatic heterocycles. The highest BCUT2D eigenvalue weighted by Gasteiger charge is 2.31. The van der Waals surface area contributed by atoms with Gasteiger partial charge >= 0.3 is 0 Å². The minimum Gasteiger partial charge on any atom is -0.353 e. The van der Waals surface area contributed by atoms with E-state index in [1.165, 1.54) is 0 Å². The molecule has 1 aliphatic rings. The average molecular weight is 421 g/mol. The van der Waals surface area contributed by atoms with Crippen LogP contribution in [-0.4, -0.2) is 46.9 Å². The molecule has 0 saturated carbocycles. The molecule has 2 aromatic carbocycles. The van der Waals surface area contributed by atoms with Gasteiger partial charge in [0.05, 0.1) is 10.6 Å². The van der Waals surface area contributed by atoms with Crippen LogP contribution in [0.25, 0.3) is 10.8 Å². The standard InChI is InChI=1S/C21H28N2O5S/c1-4-23-17-12-13-18(15-9-7-10-16(20(15)17)21(23)24)29(25,26)22-14-8-11-19(27-5-2)28-6-3/h7,9-10,12-13,19,22H,4-6,8,11,14H2,1-3H3. The zero-order valence-electron chi connectivity index (χ0n) is 17.1. The van der Waals surface area contributed by atoms with E-state index in [0.717, 1.165) is 5.69 Å². The molecule has 0 unspecified atom stereocenters. The maximum atomic E-state index is 12.9. The van der Waals surface area contributed by atoms with Crippen molar-refractivity contribution in [1.82, 2.24) is 4.72 Å². The van der Waals surface area contributed by atoms with Gasteiger partial charge in [-0.1, -0.05) is 12.1 Å². The molecule has 0 aliphatic carbocycles. The number of benzene rings is 2. The number of sulfonamides is 1. The first kappa shape index (κ1) is 21.7. The largest absolute Gasteiger partial charge is 0.353 e. The first-order valence-electron chi connectivity index (χ1n) is 10.0. The number of hydrogen-bond donors (Lipinski definition) is 1. The molecule has 1 aliphatic heterocycles. The Labute approximate surface area is 172 Å². The Bertz CT molecular complexity index is 984. The predicted octanol–water partition coefficient (Wildman–Crippen LogP) is 3.28. The fourth-order valence-corrected chi connectivity index (χ4v) is 4.98. The van der Waals surface area contributed by atoms with Crippen LogP contribution in [0.1, 0.15) is 44.0 Å². The highest BCUT2D eigenvalue weighted by atomic mass is 32.2. The van der Waals surface area contributed by atoms with Crippen molar-refractivity contribution in [1.29, 1.82) is 0 Å². The third-order valence-corrected chi connectivity index (χ3v) is 6.48. The molecule has 158 valence electrons. The third-order valence-electron chi connectivity index (χ3n) is 4.96. The molecule has 0 fully saturated rings. The molecule has 0 bridgehead atoms. The van der Waals surface area contributed by atoms with Crippen LogP contribution in [0.2, 0.25) is 0 Å². The third kappa shape index (κ3) is 4.30. The molecule has 0 spiro atoms. The lowest BCUT2D eigenvalue weighted by Gasteiger charge is -2.17. The van der Waals surface area contributed by atoms with E-state index in [2.05, 4.69) is 4.72 Å². The lowest BCUT2D eigenvalue weighted by molar-refractivity contribution is -0.139. The fraction of sp³-hybridized carbons (Fsp3) is 0.476. The quantitative estimate of drug-likeness (QED) is 0.445. The minimum absolute atomic E-state index is 0.0894. The van der Waals surface area contributed by atoms with Gasteiger partial charge in [-0.05, 0) is 51.8 Å². The molecule has 8 heteroatoms. The molecule has 7 nitrogen and oxygen atoms in total. The Morgan fingerprint density at radius 1 is 1.07 bits per heavy atom. The minimum atomic E-state index is -3.72. The van der Waals surface area contributed by atoms with E-state index in [1.54, 1.807) is 35.2 Å². The Morgan fingerprint density at radius 2 is 1.79 bits per heavy atom. The summed E-state index contributed by atoms with van der Waals surface area (Å²) in [6.07, 6.45) is 0.874. The van der Waals surface area contributed by atoms with Crippen LogP contribution < -0.4 is 9.62 Å². The van der Waals surface area contributed by atoms with Gasteiger partial charge in [-0.2, -0.15) is 0 Å². The number of ether oxygens (including phenoxy) is 2. The molecule has 1 N–H and O–H groups in total. The molecule has 2 aromatic rings. The number of nitrogens with one attached hydrogen (secondary N) is 1. The van der Waals surface area contributed by atoms with Crippen molar-refractivity contribution >= 4 is 32.4 Å². The van der Waals surface area contributed by atoms with Gasteiger partial charge in [-0.15, -0.1) is 0 Å². The van der Waals surface area contributed by atoms with Crippen LogP contribution >= 0.6 is 0 Å². The van der Waals surface area contributed by atoms with E-state index in [0.29, 0.717) is 48.9 Å². The van der Waals surface area contributed by atoms with Gasteiger partial charge in [0.1, 0.15) is 0 Å². The number of anilines is 1. The van der Waals surface area contributed by atoms with E-state index in [9.17, 15) is 13.2 Å².